The number of piperidine rings is 1. The van der Waals surface area contributed by atoms with Crippen LogP contribution < -0.4 is 0 Å². The maximum Gasteiger partial charge on any atom is 0.0458 e. The molecule has 0 unspecified atom stereocenters. The summed E-state index contributed by atoms with van der Waals surface area (Å²) in [6.45, 7) is 15.3. The fourth-order valence-electron chi connectivity index (χ4n) is 3.67. The molecule has 0 aromatic carbocycles. The van der Waals surface area contributed by atoms with Gasteiger partial charge in [0.05, 0.1) is 0 Å². The molecule has 0 amide bonds. The van der Waals surface area contributed by atoms with Crippen LogP contribution in [0.15, 0.2) is 0 Å². The molecule has 1 rings (SSSR count). The zero-order chi connectivity index (χ0) is 15.4. The van der Waals surface area contributed by atoms with Crippen molar-refractivity contribution in [1.29, 1.82) is 0 Å². The zero-order valence-corrected chi connectivity index (χ0v) is 14.5. The quantitative estimate of drug-likeness (QED) is 0.698. The van der Waals surface area contributed by atoms with E-state index >= 15 is 0 Å². The van der Waals surface area contributed by atoms with Crippen LogP contribution in [0.25, 0.3) is 0 Å². The van der Waals surface area contributed by atoms with Gasteiger partial charge in [0, 0.05) is 17.1 Å². The van der Waals surface area contributed by atoms with E-state index in [1.54, 1.807) is 0 Å². The lowest BCUT2D eigenvalue weighted by molar-refractivity contribution is -0.294. The molecule has 1 aliphatic heterocycles. The van der Waals surface area contributed by atoms with Crippen LogP contribution in [0.5, 0.6) is 0 Å². The van der Waals surface area contributed by atoms with Crippen LogP contribution in [-0.4, -0.2) is 40.2 Å². The van der Waals surface area contributed by atoms with E-state index in [1.165, 1.54) is 43.8 Å². The Morgan fingerprint density at radius 1 is 0.950 bits per heavy atom. The van der Waals surface area contributed by atoms with E-state index in [9.17, 15) is 5.21 Å². The first-order valence-electron chi connectivity index (χ1n) is 8.46. The maximum absolute atomic E-state index is 12.5. The average Bonchev–Trinajstić information content (AvgIpc) is 2.35. The van der Waals surface area contributed by atoms with Crippen LogP contribution in [-0.2, 0) is 5.21 Å². The van der Waals surface area contributed by atoms with Crippen molar-refractivity contribution >= 4 is 0 Å². The molecule has 1 aliphatic rings. The summed E-state index contributed by atoms with van der Waals surface area (Å²) in [5, 5.41) is 13.8. The zero-order valence-electron chi connectivity index (χ0n) is 14.5. The van der Waals surface area contributed by atoms with Gasteiger partial charge in [-0.1, -0.05) is 26.7 Å². The van der Waals surface area contributed by atoms with Gasteiger partial charge >= 0.3 is 0 Å². The predicted molar refractivity (Wildman–Crippen MR) is 85.1 cm³/mol. The van der Waals surface area contributed by atoms with Gasteiger partial charge in [-0.25, -0.2) is 0 Å². The van der Waals surface area contributed by atoms with Gasteiger partial charge < -0.3 is 4.90 Å². The summed E-state index contributed by atoms with van der Waals surface area (Å²) in [7, 11) is 0. The third-order valence-corrected chi connectivity index (χ3v) is 4.68. The summed E-state index contributed by atoms with van der Waals surface area (Å²) in [5.74, 6) is 0. The second kappa shape index (κ2) is 7.24. The monoisotopic (exact) mass is 283 g/mol. The molecule has 0 N–H and O–H groups in total. The normalized spacial score (nSPS) is 23.4. The van der Waals surface area contributed by atoms with Gasteiger partial charge in [-0.15, -0.1) is 10.3 Å². The first-order chi connectivity index (χ1) is 9.24. The van der Waals surface area contributed by atoms with Gasteiger partial charge in [-0.05, 0) is 66.5 Å². The van der Waals surface area contributed by atoms with Crippen LogP contribution in [0.3, 0.4) is 0 Å². The molecule has 0 atom stereocenters. The molecule has 0 aromatic rings. The second-order valence-electron chi connectivity index (χ2n) is 7.72. The van der Waals surface area contributed by atoms with Crippen LogP contribution in [0.4, 0.5) is 0 Å². The van der Waals surface area contributed by atoms with E-state index in [0.29, 0.717) is 6.04 Å². The van der Waals surface area contributed by atoms with E-state index in [2.05, 4.69) is 46.4 Å². The summed E-state index contributed by atoms with van der Waals surface area (Å²) < 4.78 is 0. The second-order valence-corrected chi connectivity index (χ2v) is 7.72. The van der Waals surface area contributed by atoms with Gasteiger partial charge in [-0.2, -0.15) is 0 Å². The molecule has 0 saturated carbocycles. The molecule has 0 aliphatic carbocycles. The highest BCUT2D eigenvalue weighted by Crippen LogP contribution is 2.39. The van der Waals surface area contributed by atoms with Crippen molar-refractivity contribution in [3.8, 4) is 0 Å². The van der Waals surface area contributed by atoms with Gasteiger partial charge in [-0.3, -0.25) is 0 Å². The third-order valence-electron chi connectivity index (χ3n) is 4.68. The number of unbranched alkanes of at least 4 members (excludes halogenated alkanes) is 2. The Bertz CT molecular complexity index is 263. The Balaban J connectivity index is 2.79. The summed E-state index contributed by atoms with van der Waals surface area (Å²) in [5.41, 5.74) is -0.494. The molecular weight excluding hydrogens is 248 g/mol. The van der Waals surface area contributed by atoms with Crippen LogP contribution in [0, 0.1) is 0 Å². The van der Waals surface area contributed by atoms with E-state index in [-0.39, 0.29) is 11.1 Å². The van der Waals surface area contributed by atoms with Crippen molar-refractivity contribution < 1.29 is 5.21 Å². The molecule has 119 valence electrons. The Kier molecular flexibility index (Phi) is 6.49. The Morgan fingerprint density at radius 3 is 1.70 bits per heavy atom. The van der Waals surface area contributed by atoms with Crippen LogP contribution in [0.2, 0.25) is 0 Å². The van der Waals surface area contributed by atoms with Gasteiger partial charge in [0.2, 0.25) is 0 Å². The van der Waals surface area contributed by atoms with Gasteiger partial charge in [0.1, 0.15) is 0 Å². The van der Waals surface area contributed by atoms with Gasteiger partial charge in [0.15, 0.2) is 0 Å². The van der Waals surface area contributed by atoms with Crippen LogP contribution in [0.1, 0.15) is 80.1 Å². The first-order valence-corrected chi connectivity index (χ1v) is 8.46. The van der Waals surface area contributed by atoms with Crippen molar-refractivity contribution in [2.75, 3.05) is 13.1 Å². The Hall–Kier alpha value is -0.120. The smallest absolute Gasteiger partial charge is 0.0458 e. The number of hydrogen-bond donors (Lipinski definition) is 0. The number of nitrogens with zero attached hydrogens (tertiary/aromatic N) is 2. The molecule has 1 saturated heterocycles. The lowest BCUT2D eigenvalue weighted by Gasteiger charge is -2.52. The third kappa shape index (κ3) is 4.44. The molecule has 1 heterocycles. The molecule has 3 heteroatoms. The fraction of sp³-hybridized carbons (Fsp3) is 1.00. The molecule has 20 heavy (non-hydrogen) atoms. The molecule has 0 spiro atoms. The highest BCUT2D eigenvalue weighted by molar-refractivity contribution is 4.99. The SMILES string of the molecule is CCCCN(CCCC)C1CC(C)(C)N([O])C(C)(C)C1. The summed E-state index contributed by atoms with van der Waals surface area (Å²) in [4.78, 5) is 2.66. The van der Waals surface area contributed by atoms with Crippen molar-refractivity contribution in [1.82, 2.24) is 9.96 Å². The van der Waals surface area contributed by atoms with Crippen molar-refractivity contribution in [3.63, 3.8) is 0 Å². The van der Waals surface area contributed by atoms with Crippen molar-refractivity contribution in [2.45, 2.75) is 97.2 Å². The van der Waals surface area contributed by atoms with Crippen molar-refractivity contribution in [2.24, 2.45) is 0 Å². The maximum atomic E-state index is 12.5. The average molecular weight is 283 g/mol. The minimum absolute atomic E-state index is 0.247. The minimum Gasteiger partial charge on any atom is -0.300 e. The number of rotatable bonds is 7. The van der Waals surface area contributed by atoms with E-state index < -0.39 is 0 Å². The molecule has 0 bridgehead atoms. The number of hydrogen-bond acceptors (Lipinski definition) is 2. The van der Waals surface area contributed by atoms with E-state index in [0.717, 1.165) is 12.8 Å². The largest absolute Gasteiger partial charge is 0.300 e. The predicted octanol–water partition coefficient (Wildman–Crippen LogP) is 4.26. The molecule has 3 nitrogen and oxygen atoms in total. The topological polar surface area (TPSA) is 26.4 Å². The Labute approximate surface area is 126 Å². The molecule has 1 radical (unpaired) electrons. The van der Waals surface area contributed by atoms with Crippen molar-refractivity contribution in [3.05, 3.63) is 0 Å². The van der Waals surface area contributed by atoms with Crippen LogP contribution >= 0.6 is 0 Å². The first kappa shape index (κ1) is 17.9. The number of hydroxylamine groups is 2. The standard InChI is InChI=1S/C17H35N2O/c1-7-9-11-18(12-10-8-2)15-13-16(3,4)19(20)17(5,6)14-15/h15H,7-14H2,1-6H3. The summed E-state index contributed by atoms with van der Waals surface area (Å²) in [6, 6.07) is 0.559. The highest BCUT2D eigenvalue weighted by atomic mass is 16.5. The molecular formula is C17H35N2O. The lowest BCUT2D eigenvalue weighted by Crippen LogP contribution is -2.62. The molecule has 0 aromatic heterocycles. The van der Waals surface area contributed by atoms with E-state index in [4.69, 9.17) is 0 Å². The molecule has 1 fully saturated rings. The van der Waals surface area contributed by atoms with E-state index in [1.807, 2.05) is 0 Å². The highest BCUT2D eigenvalue weighted by Gasteiger charge is 2.47. The van der Waals surface area contributed by atoms with Gasteiger partial charge in [0.25, 0.3) is 0 Å². The Morgan fingerprint density at radius 2 is 1.35 bits per heavy atom. The lowest BCUT2D eigenvalue weighted by atomic mass is 9.78. The fourth-order valence-corrected chi connectivity index (χ4v) is 3.67. The summed E-state index contributed by atoms with van der Waals surface area (Å²) >= 11 is 0. The summed E-state index contributed by atoms with van der Waals surface area (Å²) in [6.07, 6.45) is 7.01. The minimum atomic E-state index is -0.247.